The van der Waals surface area contributed by atoms with Gasteiger partial charge in [-0.3, -0.25) is 4.79 Å². The summed E-state index contributed by atoms with van der Waals surface area (Å²) in [4.78, 5) is 35.1. The van der Waals surface area contributed by atoms with E-state index in [1.165, 1.54) is 7.11 Å². The molecule has 1 aliphatic rings. The van der Waals surface area contributed by atoms with Crippen LogP contribution in [0.2, 0.25) is 0 Å². The van der Waals surface area contributed by atoms with Gasteiger partial charge in [-0.1, -0.05) is 50.2 Å². The molecule has 2 heterocycles. The van der Waals surface area contributed by atoms with Crippen molar-refractivity contribution in [2.24, 2.45) is 5.92 Å². The van der Waals surface area contributed by atoms with Gasteiger partial charge in [0.1, 0.15) is 23.7 Å². The third-order valence-corrected chi connectivity index (χ3v) is 7.54. The zero-order valence-electron chi connectivity index (χ0n) is 21.5. The number of hydrogen-bond donors (Lipinski definition) is 2. The maximum atomic E-state index is 13.4. The highest BCUT2D eigenvalue weighted by Crippen LogP contribution is 2.34. The fourth-order valence-electron chi connectivity index (χ4n) is 4.59. The number of aromatic nitrogens is 2. The highest BCUT2D eigenvalue weighted by molar-refractivity contribution is 14.1. The Morgan fingerprint density at radius 1 is 1.16 bits per heavy atom. The largest absolute Gasteiger partial charge is 0.485 e. The van der Waals surface area contributed by atoms with Crippen LogP contribution in [-0.4, -0.2) is 46.6 Å². The number of nitrogens with one attached hydrogen (secondary N) is 2. The predicted octanol–water partition coefficient (Wildman–Crippen LogP) is 5.87. The molecular formula is C28H33IN4O4. The molecule has 0 unspecified atom stereocenters. The monoisotopic (exact) mass is 616 g/mol. The van der Waals surface area contributed by atoms with E-state index in [0.717, 1.165) is 44.8 Å². The number of nitrogens with zero attached hydrogens (tertiary/aromatic N) is 2. The number of halogens is 1. The molecule has 0 bridgehead atoms. The fraction of sp³-hybridized carbons (Fsp3) is 0.393. The molecular weight excluding hydrogens is 583 g/mol. The Labute approximate surface area is 231 Å². The van der Waals surface area contributed by atoms with Crippen LogP contribution in [0, 0.1) is 9.49 Å². The third-order valence-electron chi connectivity index (χ3n) is 6.65. The maximum absolute atomic E-state index is 13.4. The summed E-state index contributed by atoms with van der Waals surface area (Å²) >= 11 is 2.28. The lowest BCUT2D eigenvalue weighted by Gasteiger charge is -2.30. The lowest BCUT2D eigenvalue weighted by molar-refractivity contribution is -0.135. The van der Waals surface area contributed by atoms with Gasteiger partial charge in [0.25, 0.3) is 0 Å². The van der Waals surface area contributed by atoms with Gasteiger partial charge in [-0.15, -0.1) is 0 Å². The molecule has 8 nitrogen and oxygen atoms in total. The molecule has 3 aromatic rings. The molecule has 9 heteroatoms. The van der Waals surface area contributed by atoms with E-state index >= 15 is 0 Å². The zero-order valence-corrected chi connectivity index (χ0v) is 23.7. The Kier molecular flexibility index (Phi) is 8.73. The number of likely N-dealkylation sites (tertiary alicyclic amines) is 1. The van der Waals surface area contributed by atoms with E-state index in [9.17, 15) is 9.59 Å². The summed E-state index contributed by atoms with van der Waals surface area (Å²) in [6.07, 6.45) is 2.77. The molecule has 2 amide bonds. The van der Waals surface area contributed by atoms with Crippen molar-refractivity contribution >= 4 is 34.6 Å². The van der Waals surface area contributed by atoms with Crippen molar-refractivity contribution < 1.29 is 19.1 Å². The molecule has 1 aliphatic heterocycles. The smallest absolute Gasteiger partial charge is 0.407 e. The molecule has 0 spiro atoms. The SMILES string of the molecule is COC(=O)N[C@H](C(=O)N1CCC[C@H]1c1ncc(-c2ccc(I)c(O[C@H](C)c3ccccc3)c2)[nH]1)C(C)C. The van der Waals surface area contributed by atoms with Crippen LogP contribution in [0.15, 0.2) is 54.7 Å². The maximum Gasteiger partial charge on any atom is 0.407 e. The van der Waals surface area contributed by atoms with Gasteiger partial charge in [0.2, 0.25) is 5.91 Å². The van der Waals surface area contributed by atoms with Crippen molar-refractivity contribution in [3.05, 3.63) is 69.7 Å². The molecule has 0 radical (unpaired) electrons. The lowest BCUT2D eigenvalue weighted by atomic mass is 10.0. The first-order valence-electron chi connectivity index (χ1n) is 12.5. The van der Waals surface area contributed by atoms with Gasteiger partial charge < -0.3 is 24.7 Å². The molecule has 0 aliphatic carbocycles. The number of aromatic amines is 1. The van der Waals surface area contributed by atoms with E-state index in [1.54, 1.807) is 6.20 Å². The molecule has 4 rings (SSSR count). The van der Waals surface area contributed by atoms with E-state index < -0.39 is 12.1 Å². The number of benzene rings is 2. The minimum atomic E-state index is -0.662. The Morgan fingerprint density at radius 2 is 1.92 bits per heavy atom. The summed E-state index contributed by atoms with van der Waals surface area (Å²) in [5.74, 6) is 1.33. The second kappa shape index (κ2) is 12.0. The van der Waals surface area contributed by atoms with Gasteiger partial charge in [0.15, 0.2) is 0 Å². The third kappa shape index (κ3) is 6.26. The number of methoxy groups -OCH3 is 1. The summed E-state index contributed by atoms with van der Waals surface area (Å²) in [6, 6.07) is 15.4. The van der Waals surface area contributed by atoms with Gasteiger partial charge in [-0.05, 0) is 66.0 Å². The number of hydrogen-bond acceptors (Lipinski definition) is 5. The van der Waals surface area contributed by atoms with Gasteiger partial charge >= 0.3 is 6.09 Å². The normalized spacial score (nSPS) is 16.9. The molecule has 196 valence electrons. The molecule has 1 saturated heterocycles. The molecule has 0 saturated carbocycles. The second-order valence-electron chi connectivity index (χ2n) is 9.55. The van der Waals surface area contributed by atoms with Crippen molar-refractivity contribution in [1.82, 2.24) is 20.2 Å². The number of rotatable bonds is 8. The topological polar surface area (TPSA) is 96.6 Å². The first-order chi connectivity index (χ1) is 17.8. The number of ether oxygens (including phenoxy) is 2. The standard InChI is InChI=1S/C28H33IN4O4/c1-17(2)25(32-28(35)36-4)27(34)33-14-8-11-23(33)26-30-16-22(31-26)20-12-13-21(29)24(15-20)37-18(3)19-9-6-5-7-10-19/h5-7,9-10,12-13,15-18,23,25H,8,11,14H2,1-4H3,(H,30,31)(H,32,35)/t18-,23+,25+/m1/s1. The van der Waals surface area contributed by atoms with Crippen LogP contribution in [0.5, 0.6) is 5.75 Å². The number of carbonyl (C=O) groups excluding carboxylic acids is 2. The molecule has 37 heavy (non-hydrogen) atoms. The van der Waals surface area contributed by atoms with Crippen LogP contribution >= 0.6 is 22.6 Å². The van der Waals surface area contributed by atoms with E-state index in [2.05, 4.69) is 50.0 Å². The average Bonchev–Trinajstić information content (AvgIpc) is 3.58. The summed E-state index contributed by atoms with van der Waals surface area (Å²) in [7, 11) is 1.30. The first-order valence-corrected chi connectivity index (χ1v) is 13.6. The number of amides is 2. The van der Waals surface area contributed by atoms with E-state index in [0.29, 0.717) is 6.54 Å². The minimum absolute atomic E-state index is 0.0801. The van der Waals surface area contributed by atoms with Crippen LogP contribution in [0.1, 0.15) is 57.1 Å². The lowest BCUT2D eigenvalue weighted by Crippen LogP contribution is -2.51. The van der Waals surface area contributed by atoms with Gasteiger partial charge in [0, 0.05) is 12.1 Å². The van der Waals surface area contributed by atoms with Gasteiger partial charge in [0.05, 0.1) is 28.6 Å². The highest BCUT2D eigenvalue weighted by Gasteiger charge is 2.37. The summed E-state index contributed by atoms with van der Waals surface area (Å²) in [5, 5.41) is 2.69. The molecule has 2 N–H and O–H groups in total. The molecule has 2 aromatic carbocycles. The number of imidazole rings is 1. The highest BCUT2D eigenvalue weighted by atomic mass is 127. The van der Waals surface area contributed by atoms with Crippen LogP contribution in [0.3, 0.4) is 0 Å². The van der Waals surface area contributed by atoms with Gasteiger partial charge in [-0.25, -0.2) is 9.78 Å². The Balaban J connectivity index is 1.53. The minimum Gasteiger partial charge on any atom is -0.485 e. The Bertz CT molecular complexity index is 1230. The number of carbonyl (C=O) groups is 2. The van der Waals surface area contributed by atoms with E-state index in [-0.39, 0.29) is 24.0 Å². The van der Waals surface area contributed by atoms with Crippen LogP contribution in [0.25, 0.3) is 11.3 Å². The van der Waals surface area contributed by atoms with E-state index in [4.69, 9.17) is 9.47 Å². The molecule has 1 fully saturated rings. The predicted molar refractivity (Wildman–Crippen MR) is 150 cm³/mol. The average molecular weight is 616 g/mol. The second-order valence-corrected chi connectivity index (χ2v) is 10.7. The Hall–Kier alpha value is -3.08. The zero-order chi connectivity index (χ0) is 26.5. The number of alkyl carbamates (subject to hydrolysis) is 1. The van der Waals surface area contributed by atoms with Crippen molar-refractivity contribution in [2.75, 3.05) is 13.7 Å². The molecule has 1 aromatic heterocycles. The fourth-order valence-corrected chi connectivity index (χ4v) is 5.05. The summed E-state index contributed by atoms with van der Waals surface area (Å²) in [5.41, 5.74) is 2.92. The van der Waals surface area contributed by atoms with Gasteiger partial charge in [-0.2, -0.15) is 0 Å². The summed E-state index contributed by atoms with van der Waals surface area (Å²) in [6.45, 7) is 6.47. The summed E-state index contributed by atoms with van der Waals surface area (Å²) < 4.78 is 12.0. The van der Waals surface area contributed by atoms with Crippen molar-refractivity contribution in [1.29, 1.82) is 0 Å². The van der Waals surface area contributed by atoms with Crippen molar-refractivity contribution in [3.63, 3.8) is 0 Å². The van der Waals surface area contributed by atoms with Crippen LogP contribution < -0.4 is 10.1 Å². The number of H-pyrrole nitrogens is 1. The quantitative estimate of drug-likeness (QED) is 0.309. The Morgan fingerprint density at radius 3 is 2.62 bits per heavy atom. The van der Waals surface area contributed by atoms with Crippen molar-refractivity contribution in [3.8, 4) is 17.0 Å². The first kappa shape index (κ1) is 27.0. The van der Waals surface area contributed by atoms with Crippen LogP contribution in [0.4, 0.5) is 4.79 Å². The van der Waals surface area contributed by atoms with Crippen molar-refractivity contribution in [2.45, 2.75) is 51.8 Å². The van der Waals surface area contributed by atoms with Crippen LogP contribution in [-0.2, 0) is 9.53 Å². The van der Waals surface area contributed by atoms with E-state index in [1.807, 2.05) is 62.1 Å². The molecule has 3 atom stereocenters.